The number of piperidine rings is 1. The summed E-state index contributed by atoms with van der Waals surface area (Å²) >= 11 is 0. The van der Waals surface area contributed by atoms with Gasteiger partial charge in [-0.05, 0) is 71.4 Å². The van der Waals surface area contributed by atoms with Gasteiger partial charge in [-0.1, -0.05) is 0 Å². The van der Waals surface area contributed by atoms with Gasteiger partial charge in [-0.2, -0.15) is 0 Å². The number of hydrogen-bond donors (Lipinski definition) is 1. The number of aromatic nitrogens is 3. The summed E-state index contributed by atoms with van der Waals surface area (Å²) in [5, 5.41) is 2.97. The van der Waals surface area contributed by atoms with Crippen molar-refractivity contribution >= 4 is 11.9 Å². The second-order valence-electron chi connectivity index (χ2n) is 9.11. The van der Waals surface area contributed by atoms with Gasteiger partial charge in [-0.25, -0.2) is 14.8 Å². The van der Waals surface area contributed by atoms with Crippen LogP contribution in [0.3, 0.4) is 0 Å². The van der Waals surface area contributed by atoms with Crippen molar-refractivity contribution in [1.82, 2.24) is 20.3 Å². The van der Waals surface area contributed by atoms with Crippen molar-refractivity contribution in [2.45, 2.75) is 70.9 Å². The molecule has 1 fully saturated rings. The molecule has 160 valence electrons. The molecule has 1 saturated heterocycles. The van der Waals surface area contributed by atoms with Crippen LogP contribution in [0.1, 0.15) is 57.7 Å². The minimum atomic E-state index is -0.497. The number of ether oxygens (including phenoxy) is 1. The highest BCUT2D eigenvalue weighted by Gasteiger charge is 2.30. The molecule has 3 heterocycles. The summed E-state index contributed by atoms with van der Waals surface area (Å²) in [5.74, 6) is 1.80. The zero-order valence-corrected chi connectivity index (χ0v) is 18.1. The molecule has 0 radical (unpaired) electrons. The zero-order valence-electron chi connectivity index (χ0n) is 18.1. The van der Waals surface area contributed by atoms with Crippen LogP contribution in [0.2, 0.25) is 0 Å². The van der Waals surface area contributed by atoms with Crippen LogP contribution in [-0.4, -0.2) is 45.8 Å². The summed E-state index contributed by atoms with van der Waals surface area (Å²) < 4.78 is 5.42. The summed E-state index contributed by atoms with van der Waals surface area (Å²) in [7, 11) is 0. The van der Waals surface area contributed by atoms with Crippen LogP contribution in [0.25, 0.3) is 11.4 Å². The number of pyridine rings is 1. The van der Waals surface area contributed by atoms with Crippen LogP contribution in [0, 0.1) is 0 Å². The van der Waals surface area contributed by atoms with E-state index in [4.69, 9.17) is 14.7 Å². The van der Waals surface area contributed by atoms with Crippen molar-refractivity contribution in [2.24, 2.45) is 0 Å². The van der Waals surface area contributed by atoms with E-state index >= 15 is 0 Å². The predicted molar refractivity (Wildman–Crippen MR) is 117 cm³/mol. The Morgan fingerprint density at radius 3 is 2.73 bits per heavy atom. The first-order valence-corrected chi connectivity index (χ1v) is 10.9. The maximum atomic E-state index is 12.2. The standard InChI is InChI=1S/C23H31N5O2/c1-23(2,3)30-22(29)25-15-17-7-4-5-14-28(17)21-18-8-6-9-19(18)26-20(27-21)16-10-12-24-13-11-16/h10-13,17H,4-9,14-15H2,1-3H3,(H,25,29). The fourth-order valence-corrected chi connectivity index (χ4v) is 4.29. The first-order valence-electron chi connectivity index (χ1n) is 10.9. The van der Waals surface area contributed by atoms with E-state index in [1.165, 1.54) is 5.56 Å². The number of nitrogens with one attached hydrogen (secondary N) is 1. The second-order valence-corrected chi connectivity index (χ2v) is 9.11. The number of aryl methyl sites for hydroxylation is 1. The van der Waals surface area contributed by atoms with Gasteiger partial charge in [0.25, 0.3) is 0 Å². The van der Waals surface area contributed by atoms with Gasteiger partial charge < -0.3 is 15.0 Å². The lowest BCUT2D eigenvalue weighted by Crippen LogP contribution is -2.48. The predicted octanol–water partition coefficient (Wildman–Crippen LogP) is 3.91. The molecule has 7 heteroatoms. The number of hydrogen-bond acceptors (Lipinski definition) is 6. The SMILES string of the molecule is CC(C)(C)OC(=O)NCC1CCCCN1c1nc(-c2ccncc2)nc2c1CCC2. The van der Waals surface area contributed by atoms with E-state index in [-0.39, 0.29) is 12.1 Å². The van der Waals surface area contributed by atoms with E-state index in [1.807, 2.05) is 32.9 Å². The van der Waals surface area contributed by atoms with E-state index in [0.29, 0.717) is 6.54 Å². The van der Waals surface area contributed by atoms with E-state index in [9.17, 15) is 4.79 Å². The largest absolute Gasteiger partial charge is 0.444 e. The second kappa shape index (κ2) is 8.58. The fraction of sp³-hybridized carbons (Fsp3) is 0.565. The molecule has 0 spiro atoms. The number of rotatable bonds is 4. The Hall–Kier alpha value is -2.70. The molecule has 2 aliphatic rings. The number of nitrogens with zero attached hydrogens (tertiary/aromatic N) is 4. The van der Waals surface area contributed by atoms with Gasteiger partial charge in [0, 0.05) is 48.3 Å². The lowest BCUT2D eigenvalue weighted by atomic mass is 10.0. The van der Waals surface area contributed by atoms with Gasteiger partial charge >= 0.3 is 6.09 Å². The van der Waals surface area contributed by atoms with Crippen LogP contribution in [0.4, 0.5) is 10.6 Å². The molecule has 30 heavy (non-hydrogen) atoms. The third-order valence-electron chi connectivity index (χ3n) is 5.63. The molecule has 4 rings (SSSR count). The molecule has 2 aromatic heterocycles. The Bertz CT molecular complexity index is 894. The molecule has 0 saturated carbocycles. The topological polar surface area (TPSA) is 80.2 Å². The zero-order chi connectivity index (χ0) is 21.1. The Morgan fingerprint density at radius 2 is 1.97 bits per heavy atom. The van der Waals surface area contributed by atoms with Crippen molar-refractivity contribution < 1.29 is 9.53 Å². The minimum Gasteiger partial charge on any atom is -0.444 e. The lowest BCUT2D eigenvalue weighted by molar-refractivity contribution is 0.0523. The summed E-state index contributed by atoms with van der Waals surface area (Å²) in [5.41, 5.74) is 2.93. The van der Waals surface area contributed by atoms with Crippen molar-refractivity contribution in [3.63, 3.8) is 0 Å². The van der Waals surface area contributed by atoms with Crippen LogP contribution in [-0.2, 0) is 17.6 Å². The Kier molecular flexibility index (Phi) is 5.88. The van der Waals surface area contributed by atoms with E-state index in [1.54, 1.807) is 12.4 Å². The van der Waals surface area contributed by atoms with Crippen LogP contribution < -0.4 is 10.2 Å². The maximum Gasteiger partial charge on any atom is 0.407 e. The van der Waals surface area contributed by atoms with Crippen LogP contribution in [0.5, 0.6) is 0 Å². The average molecular weight is 410 g/mol. The Labute approximate surface area is 178 Å². The van der Waals surface area contributed by atoms with Crippen molar-refractivity contribution in [3.8, 4) is 11.4 Å². The van der Waals surface area contributed by atoms with Crippen molar-refractivity contribution in [2.75, 3.05) is 18.0 Å². The molecular weight excluding hydrogens is 378 g/mol. The number of amides is 1. The van der Waals surface area contributed by atoms with Crippen molar-refractivity contribution in [1.29, 1.82) is 0 Å². The highest BCUT2D eigenvalue weighted by Crippen LogP contribution is 2.34. The minimum absolute atomic E-state index is 0.205. The number of anilines is 1. The molecular formula is C23H31N5O2. The first kappa shape index (κ1) is 20.6. The summed E-state index contributed by atoms with van der Waals surface area (Å²) in [6.45, 7) is 7.14. The molecule has 1 atom stereocenters. The Morgan fingerprint density at radius 1 is 1.17 bits per heavy atom. The van der Waals surface area contributed by atoms with E-state index < -0.39 is 5.60 Å². The van der Waals surface area contributed by atoms with Crippen molar-refractivity contribution in [3.05, 3.63) is 35.8 Å². The monoisotopic (exact) mass is 409 g/mol. The molecule has 1 unspecified atom stereocenters. The number of fused-ring (bicyclic) bond motifs is 1. The fourth-order valence-electron chi connectivity index (χ4n) is 4.29. The molecule has 1 aliphatic carbocycles. The molecule has 1 aliphatic heterocycles. The first-order chi connectivity index (χ1) is 14.4. The summed E-state index contributed by atoms with van der Waals surface area (Å²) in [6.07, 6.45) is 9.64. The summed E-state index contributed by atoms with van der Waals surface area (Å²) in [6, 6.07) is 4.12. The quantitative estimate of drug-likeness (QED) is 0.825. The van der Waals surface area contributed by atoms with Gasteiger partial charge in [0.1, 0.15) is 11.4 Å². The van der Waals surface area contributed by atoms with Crippen LogP contribution in [0.15, 0.2) is 24.5 Å². The maximum absolute atomic E-state index is 12.2. The van der Waals surface area contributed by atoms with Gasteiger partial charge in [0.05, 0.1) is 0 Å². The summed E-state index contributed by atoms with van der Waals surface area (Å²) in [4.78, 5) is 28.6. The molecule has 1 amide bonds. The number of carbonyl (C=O) groups is 1. The van der Waals surface area contributed by atoms with Gasteiger partial charge in [-0.15, -0.1) is 0 Å². The lowest BCUT2D eigenvalue weighted by Gasteiger charge is -2.38. The van der Waals surface area contributed by atoms with E-state index in [0.717, 1.165) is 68.0 Å². The third kappa shape index (κ3) is 4.71. The number of carbonyl (C=O) groups excluding carboxylic acids is 1. The van der Waals surface area contributed by atoms with Gasteiger partial charge in [0.15, 0.2) is 5.82 Å². The number of alkyl carbamates (subject to hydrolysis) is 1. The highest BCUT2D eigenvalue weighted by molar-refractivity contribution is 5.68. The van der Waals surface area contributed by atoms with E-state index in [2.05, 4.69) is 15.2 Å². The molecule has 0 bridgehead atoms. The third-order valence-corrected chi connectivity index (χ3v) is 5.63. The van der Waals surface area contributed by atoms with Crippen LogP contribution >= 0.6 is 0 Å². The Balaban J connectivity index is 1.59. The highest BCUT2D eigenvalue weighted by atomic mass is 16.6. The average Bonchev–Trinajstić information content (AvgIpc) is 3.20. The smallest absolute Gasteiger partial charge is 0.407 e. The molecule has 2 aromatic rings. The molecule has 0 aromatic carbocycles. The molecule has 1 N–H and O–H groups in total. The van der Waals surface area contributed by atoms with Gasteiger partial charge in [-0.3, -0.25) is 4.98 Å². The van der Waals surface area contributed by atoms with Gasteiger partial charge in [0.2, 0.25) is 0 Å². The molecule has 7 nitrogen and oxygen atoms in total. The normalized spacial score (nSPS) is 18.8.